The molecular formula is C102H119Br3F4N4O12. The molecule has 16 nitrogen and oxygen atoms in total. The monoisotopic (exact) mass is 1900 g/mol. The fourth-order valence-electron chi connectivity index (χ4n) is 15.3. The molecule has 1 aliphatic heterocycles. The number of hydrogen-bond donors (Lipinski definition) is 4. The van der Waals surface area contributed by atoms with Gasteiger partial charge in [0.2, 0.25) is 0 Å². The van der Waals surface area contributed by atoms with E-state index in [1.807, 2.05) is 215 Å². The molecule has 11 rings (SSSR count). The first-order chi connectivity index (χ1) is 58.2. The van der Waals surface area contributed by atoms with Gasteiger partial charge < -0.3 is 60.0 Å². The van der Waals surface area contributed by atoms with Crippen molar-refractivity contribution in [1.29, 1.82) is 0 Å². The van der Waals surface area contributed by atoms with Gasteiger partial charge in [-0.1, -0.05) is 138 Å². The highest BCUT2D eigenvalue weighted by molar-refractivity contribution is 9.11. The summed E-state index contributed by atoms with van der Waals surface area (Å²) in [5.41, 5.74) is 36.5. The molecule has 0 aliphatic carbocycles. The Morgan fingerprint density at radius 1 is 0.376 bits per heavy atom. The highest BCUT2D eigenvalue weighted by atomic mass is 79.9. The second-order valence-electron chi connectivity index (χ2n) is 35.4. The van der Waals surface area contributed by atoms with Gasteiger partial charge >= 0.3 is 23.9 Å². The average Bonchev–Trinajstić information content (AvgIpc) is 0.725. The van der Waals surface area contributed by atoms with Gasteiger partial charge in [0, 0.05) is 82.5 Å². The zero-order valence-corrected chi connectivity index (χ0v) is 81.8. The number of ether oxygens (including phenoxy) is 8. The van der Waals surface area contributed by atoms with Gasteiger partial charge in [0.15, 0.2) is 47.7 Å². The van der Waals surface area contributed by atoms with Gasteiger partial charge in [-0.15, -0.1) is 0 Å². The van der Waals surface area contributed by atoms with Crippen molar-refractivity contribution >= 4 is 94.4 Å². The first-order valence-corrected chi connectivity index (χ1v) is 43.5. The predicted octanol–water partition coefficient (Wildman–Crippen LogP) is 26.4. The summed E-state index contributed by atoms with van der Waals surface area (Å²) in [5.74, 6) is -5.42. The number of anilines is 4. The van der Waals surface area contributed by atoms with Crippen LogP contribution in [0.15, 0.2) is 141 Å². The lowest BCUT2D eigenvalue weighted by atomic mass is 9.80. The van der Waals surface area contributed by atoms with Crippen molar-refractivity contribution in [3.63, 3.8) is 0 Å². The van der Waals surface area contributed by atoms with E-state index in [1.165, 1.54) is 51.7 Å². The molecule has 10 aromatic rings. The van der Waals surface area contributed by atoms with E-state index >= 15 is 0 Å². The van der Waals surface area contributed by atoms with E-state index in [0.29, 0.717) is 33.8 Å². The molecule has 668 valence electrons. The highest BCUT2D eigenvalue weighted by Crippen LogP contribution is 2.52. The number of esters is 4. The van der Waals surface area contributed by atoms with Crippen LogP contribution in [0.1, 0.15) is 208 Å². The number of fused-ring (bicyclic) bond motifs is 3. The Morgan fingerprint density at radius 2 is 0.672 bits per heavy atom. The van der Waals surface area contributed by atoms with E-state index in [0.717, 1.165) is 148 Å². The number of halogens is 7. The van der Waals surface area contributed by atoms with Gasteiger partial charge in [-0.05, 0) is 321 Å². The summed E-state index contributed by atoms with van der Waals surface area (Å²) in [5, 5.41) is 6.53. The first-order valence-electron chi connectivity index (χ1n) is 41.1. The van der Waals surface area contributed by atoms with Crippen LogP contribution in [0.4, 0.5) is 40.3 Å². The lowest BCUT2D eigenvalue weighted by Gasteiger charge is -2.33. The maximum Gasteiger partial charge on any atom is 0.339 e. The second-order valence-corrected chi connectivity index (χ2v) is 37.7. The molecule has 6 N–H and O–H groups in total. The first kappa shape index (κ1) is 101. The summed E-state index contributed by atoms with van der Waals surface area (Å²) in [7, 11) is 5.42. The maximum atomic E-state index is 14.7. The quantitative estimate of drug-likeness (QED) is 0.0256. The maximum absolute atomic E-state index is 14.7. The summed E-state index contributed by atoms with van der Waals surface area (Å²) in [6.45, 7) is 46.6. The van der Waals surface area contributed by atoms with Crippen LogP contribution < -0.4 is 22.1 Å². The molecule has 0 aromatic heterocycles. The molecule has 0 unspecified atom stereocenters. The number of methoxy groups -OCH3 is 4. The molecule has 0 saturated carbocycles. The Labute approximate surface area is 760 Å². The number of rotatable bonds is 19. The van der Waals surface area contributed by atoms with Crippen molar-refractivity contribution in [2.24, 2.45) is 0 Å². The number of nitrogens with two attached hydrogens (primary N) is 2. The smallest absolute Gasteiger partial charge is 0.339 e. The molecular weight excluding hydrogens is 1790 g/mol. The Bertz CT molecular complexity index is 5510. The summed E-state index contributed by atoms with van der Waals surface area (Å²) in [4.78, 5) is 51.5. The van der Waals surface area contributed by atoms with E-state index in [2.05, 4.69) is 107 Å². The normalized spacial score (nSPS) is 12.9. The summed E-state index contributed by atoms with van der Waals surface area (Å²) >= 11 is 10.9. The minimum atomic E-state index is -1.01. The van der Waals surface area contributed by atoms with Gasteiger partial charge in [-0.3, -0.25) is 0 Å². The molecule has 1 aliphatic rings. The molecule has 125 heavy (non-hydrogen) atoms. The van der Waals surface area contributed by atoms with E-state index in [-0.39, 0.29) is 24.2 Å². The van der Waals surface area contributed by atoms with Crippen molar-refractivity contribution in [3.8, 4) is 55.6 Å². The van der Waals surface area contributed by atoms with Crippen LogP contribution in [0.5, 0.6) is 0 Å². The van der Waals surface area contributed by atoms with Crippen LogP contribution in [0, 0.1) is 106 Å². The summed E-state index contributed by atoms with van der Waals surface area (Å²) in [6.07, 6.45) is -3.74. The van der Waals surface area contributed by atoms with Crippen LogP contribution in [0.25, 0.3) is 55.6 Å². The molecule has 0 saturated heterocycles. The van der Waals surface area contributed by atoms with E-state index in [9.17, 15) is 36.7 Å². The van der Waals surface area contributed by atoms with Crippen molar-refractivity contribution in [2.75, 3.05) is 50.5 Å². The molecule has 10 aromatic carbocycles. The fraction of sp³-hybridized carbons (Fsp3) is 0.373. The number of hydrogen-bond acceptors (Lipinski definition) is 16. The summed E-state index contributed by atoms with van der Waals surface area (Å²) in [6, 6.07) is 39.3. The van der Waals surface area contributed by atoms with E-state index in [4.69, 9.17) is 49.4 Å². The number of nitrogen functional groups attached to an aromatic ring is 2. The van der Waals surface area contributed by atoms with Crippen LogP contribution in [0.3, 0.4) is 0 Å². The number of carbonyl (C=O) groups is 4. The van der Waals surface area contributed by atoms with Gasteiger partial charge in [0.05, 0.1) is 56.5 Å². The minimum Gasteiger partial charge on any atom is -0.467 e. The van der Waals surface area contributed by atoms with Crippen molar-refractivity contribution in [1.82, 2.24) is 0 Å². The lowest BCUT2D eigenvalue weighted by Crippen LogP contribution is -2.30. The fourth-order valence-corrected chi connectivity index (χ4v) is 16.9. The van der Waals surface area contributed by atoms with Crippen LogP contribution in [0.2, 0.25) is 0 Å². The molecule has 0 fully saturated rings. The SMILES string of the molecule is COC(=O)[C@@H](OC(C)(C)C)c1c(C)c(N)c(Br)c(C)c1-c1ccc(C)cc1.COC(=O)[C@@H](OC(C)(C)C)c1c(C)c(N)c(Br)c(C)c1-c1ccc(C)cc1.COC(=O)[C@@H](OC(C)(C)C)c1c(C)c(NCc2cccc(F)c2F)c(Br)c(C)c1-c1ccc(C)cc1.COC(=O)[C@@H](OC(C)(C)C)c1c(C)c2c(c(C)c1-c1ccc(C)cc1)-c1ccc(F)c(F)c1CN2. The van der Waals surface area contributed by atoms with Gasteiger partial charge in [0.25, 0.3) is 0 Å². The van der Waals surface area contributed by atoms with Crippen molar-refractivity contribution < 1.29 is 74.6 Å². The second kappa shape index (κ2) is 41.4. The molecule has 0 amide bonds. The summed E-state index contributed by atoms with van der Waals surface area (Å²) < 4.78 is 105. The standard InChI is InChI=1S/C29H32BrF2NO3.C29H31F2NO3.2C22H28BrNO3/c1-16-11-13-19(14-12-16)22-17(2)24(30)26(33-15-20-9-8-10-21(31)25(20)32)18(3)23(22)27(28(34)35-7)36-29(4,5)6;1-15-8-10-18(11-9-15)22-16(2)23-19-12-13-21(30)25(31)20(19)14-32-26(23)17(3)24(22)27(28(33)34-7)35-29(4,5)6;2*1-12-8-10-15(11-9-12)16-13(2)18(23)19(24)14(3)17(16)20(21(25)26-7)27-22(4,5)6/h8-14,27,33H,15H2,1-7H3;8-13,27,32H,14H2,1-7H3;2*8-11,20H,24H2,1-7H3/t2*27-;2*20-/m0000/s1. The predicted molar refractivity (Wildman–Crippen MR) is 505 cm³/mol. The van der Waals surface area contributed by atoms with E-state index < -0.39 is 94.0 Å². The number of aryl methyl sites for hydroxylation is 4. The highest BCUT2D eigenvalue weighted by Gasteiger charge is 2.40. The van der Waals surface area contributed by atoms with Crippen LogP contribution >= 0.6 is 47.8 Å². The third-order valence-corrected chi connectivity index (χ3v) is 24.4. The Balaban J connectivity index is 0.000000208. The van der Waals surface area contributed by atoms with Crippen LogP contribution in [-0.2, 0) is 70.2 Å². The minimum absolute atomic E-state index is 0.0504. The molecule has 1 heterocycles. The molecule has 0 spiro atoms. The number of carbonyl (C=O) groups excluding carboxylic acids is 4. The Morgan fingerprint density at radius 3 is 0.992 bits per heavy atom. The largest absolute Gasteiger partial charge is 0.467 e. The topological polar surface area (TPSA) is 218 Å². The lowest BCUT2D eigenvalue weighted by molar-refractivity contribution is -0.164. The zero-order chi connectivity index (χ0) is 93.5. The Hall–Kier alpha value is -9.72. The molecule has 4 atom stereocenters. The molecule has 0 radical (unpaired) electrons. The average molecular weight is 1910 g/mol. The van der Waals surface area contributed by atoms with Gasteiger partial charge in [-0.25, -0.2) is 36.7 Å². The van der Waals surface area contributed by atoms with Crippen molar-refractivity contribution in [3.05, 3.63) is 264 Å². The molecule has 23 heteroatoms. The van der Waals surface area contributed by atoms with Crippen LogP contribution in [-0.4, -0.2) is 74.7 Å². The molecule has 0 bridgehead atoms. The van der Waals surface area contributed by atoms with Gasteiger partial charge in [0.1, 0.15) is 0 Å². The van der Waals surface area contributed by atoms with Crippen molar-refractivity contribution in [2.45, 2.75) is 226 Å². The van der Waals surface area contributed by atoms with Gasteiger partial charge in [-0.2, -0.15) is 0 Å². The third kappa shape index (κ3) is 23.6. The Kier molecular flexibility index (Phi) is 33.3. The zero-order valence-electron chi connectivity index (χ0n) is 77.0. The number of benzene rings is 10. The van der Waals surface area contributed by atoms with E-state index in [1.54, 1.807) is 6.07 Å². The number of nitrogens with one attached hydrogen (secondary N) is 2. The third-order valence-electron chi connectivity index (χ3n) is 21.4.